The fourth-order valence-electron chi connectivity index (χ4n) is 1.21. The predicted molar refractivity (Wildman–Crippen MR) is 73.3 cm³/mol. The zero-order valence-electron chi connectivity index (χ0n) is 8.65. The highest BCUT2D eigenvalue weighted by atomic mass is 79.9. The van der Waals surface area contributed by atoms with E-state index in [1.54, 1.807) is 30.3 Å². The van der Waals surface area contributed by atoms with E-state index in [0.29, 0.717) is 15.6 Å². The summed E-state index contributed by atoms with van der Waals surface area (Å²) in [5, 5.41) is 0.644. The molecule has 0 saturated carbocycles. The highest BCUT2D eigenvalue weighted by Gasteiger charge is 2.09. The molecule has 0 atom stereocenters. The lowest BCUT2D eigenvalue weighted by Gasteiger charge is -2.04. The van der Waals surface area contributed by atoms with E-state index >= 15 is 0 Å². The second kappa shape index (κ2) is 5.67. The number of hydrogen-bond acceptors (Lipinski definition) is 3. The molecule has 0 aliphatic heterocycles. The van der Waals surface area contributed by atoms with Gasteiger partial charge in [0.15, 0.2) is 6.61 Å². The average molecular weight is 332 g/mol. The summed E-state index contributed by atoms with van der Waals surface area (Å²) < 4.78 is 6.31. The molecule has 1 aromatic heterocycles. The molecule has 5 heteroatoms. The van der Waals surface area contributed by atoms with E-state index in [1.165, 1.54) is 11.3 Å². The van der Waals surface area contributed by atoms with Crippen LogP contribution in [-0.2, 0) is 0 Å². The quantitative estimate of drug-likeness (QED) is 0.775. The number of ketones is 1. The molecule has 0 bridgehead atoms. The molecular weight excluding hydrogens is 324 g/mol. The molecule has 2 nitrogen and oxygen atoms in total. The smallest absolute Gasteiger partial charge is 0.210 e. The third-order valence-corrected chi connectivity index (χ3v) is 3.95. The van der Waals surface area contributed by atoms with Crippen molar-refractivity contribution in [3.63, 3.8) is 0 Å². The lowest BCUT2D eigenvalue weighted by molar-refractivity contribution is 0.0925. The van der Waals surface area contributed by atoms with Crippen molar-refractivity contribution in [3.05, 3.63) is 50.1 Å². The minimum absolute atomic E-state index is 0.0318. The molecule has 0 aliphatic carbocycles. The number of halogens is 2. The first-order chi connectivity index (χ1) is 8.15. The normalized spacial score (nSPS) is 10.2. The number of benzene rings is 1. The van der Waals surface area contributed by atoms with Crippen molar-refractivity contribution < 1.29 is 9.53 Å². The van der Waals surface area contributed by atoms with Crippen LogP contribution in [0.4, 0.5) is 0 Å². The fraction of sp³-hybridized carbons (Fsp3) is 0.0833. The first-order valence-electron chi connectivity index (χ1n) is 4.82. The van der Waals surface area contributed by atoms with Crippen molar-refractivity contribution in [1.82, 2.24) is 0 Å². The number of ether oxygens (including phenoxy) is 1. The lowest BCUT2D eigenvalue weighted by Crippen LogP contribution is -2.09. The van der Waals surface area contributed by atoms with Crippen molar-refractivity contribution in [2.75, 3.05) is 6.61 Å². The van der Waals surface area contributed by atoms with Gasteiger partial charge in [-0.25, -0.2) is 0 Å². The summed E-state index contributed by atoms with van der Waals surface area (Å²) in [7, 11) is 0. The lowest BCUT2D eigenvalue weighted by atomic mass is 10.3. The van der Waals surface area contributed by atoms with Gasteiger partial charge in [0.25, 0.3) is 0 Å². The Morgan fingerprint density at radius 2 is 1.94 bits per heavy atom. The SMILES string of the molecule is O=C(COc1ccc(Cl)cc1)c1ccc(Br)s1. The maximum Gasteiger partial charge on any atom is 0.210 e. The Hall–Kier alpha value is -0.840. The molecule has 0 aliphatic rings. The number of carbonyl (C=O) groups is 1. The van der Waals surface area contributed by atoms with Crippen molar-refractivity contribution in [1.29, 1.82) is 0 Å². The molecule has 0 N–H and O–H groups in total. The van der Waals surface area contributed by atoms with Gasteiger partial charge in [-0.2, -0.15) is 0 Å². The summed E-state index contributed by atoms with van der Waals surface area (Å²) >= 11 is 10.5. The van der Waals surface area contributed by atoms with Crippen LogP contribution in [0.15, 0.2) is 40.2 Å². The van der Waals surface area contributed by atoms with Crippen molar-refractivity contribution >= 4 is 44.7 Å². The molecule has 2 rings (SSSR count). The molecule has 0 amide bonds. The number of rotatable bonds is 4. The first-order valence-corrected chi connectivity index (χ1v) is 6.81. The minimum atomic E-state index is -0.0318. The molecule has 17 heavy (non-hydrogen) atoms. The summed E-state index contributed by atoms with van der Waals surface area (Å²) in [6, 6.07) is 10.6. The second-order valence-electron chi connectivity index (χ2n) is 3.27. The van der Waals surface area contributed by atoms with Gasteiger partial charge in [-0.1, -0.05) is 11.6 Å². The van der Waals surface area contributed by atoms with Crippen LogP contribution < -0.4 is 4.74 Å². The Bertz CT molecular complexity index is 522. The molecule has 1 heterocycles. The van der Waals surface area contributed by atoms with E-state index in [1.807, 2.05) is 6.07 Å². The van der Waals surface area contributed by atoms with Crippen molar-refractivity contribution in [2.24, 2.45) is 0 Å². The molecule has 0 unspecified atom stereocenters. The monoisotopic (exact) mass is 330 g/mol. The van der Waals surface area contributed by atoms with Crippen LogP contribution in [-0.4, -0.2) is 12.4 Å². The second-order valence-corrected chi connectivity index (χ2v) is 6.17. The fourth-order valence-corrected chi connectivity index (χ4v) is 2.65. The van der Waals surface area contributed by atoms with Crippen LogP contribution in [0.3, 0.4) is 0 Å². The molecule has 1 aromatic carbocycles. The van der Waals surface area contributed by atoms with Gasteiger partial charge >= 0.3 is 0 Å². The topological polar surface area (TPSA) is 26.3 Å². The van der Waals surface area contributed by atoms with E-state index < -0.39 is 0 Å². The summed E-state index contributed by atoms with van der Waals surface area (Å²) in [6.07, 6.45) is 0. The van der Waals surface area contributed by atoms with Gasteiger partial charge in [-0.3, -0.25) is 4.79 Å². The first kappa shape index (κ1) is 12.6. The summed E-state index contributed by atoms with van der Waals surface area (Å²) in [5.74, 6) is 0.606. The van der Waals surface area contributed by atoms with Crippen LogP contribution >= 0.6 is 38.9 Å². The van der Waals surface area contributed by atoms with E-state index in [0.717, 1.165) is 3.79 Å². The summed E-state index contributed by atoms with van der Waals surface area (Å²) in [4.78, 5) is 12.4. The molecule has 0 saturated heterocycles. The van der Waals surface area contributed by atoms with E-state index in [9.17, 15) is 4.79 Å². The van der Waals surface area contributed by atoms with Gasteiger partial charge in [0.2, 0.25) is 5.78 Å². The molecule has 0 fully saturated rings. The molecule has 2 aromatic rings. The number of carbonyl (C=O) groups excluding carboxylic acids is 1. The Labute approximate surface area is 116 Å². The maximum absolute atomic E-state index is 11.7. The van der Waals surface area contributed by atoms with E-state index in [-0.39, 0.29) is 12.4 Å². The highest BCUT2D eigenvalue weighted by molar-refractivity contribution is 9.11. The average Bonchev–Trinajstić information content (AvgIpc) is 2.75. The minimum Gasteiger partial charge on any atom is -0.485 e. The third-order valence-electron chi connectivity index (χ3n) is 2.03. The van der Waals surface area contributed by atoms with Crippen LogP contribution in [0.2, 0.25) is 5.02 Å². The predicted octanol–water partition coefficient (Wildman–Crippen LogP) is 4.43. The Balaban J connectivity index is 1.94. The maximum atomic E-state index is 11.7. The highest BCUT2D eigenvalue weighted by Crippen LogP contribution is 2.23. The Morgan fingerprint density at radius 3 is 2.53 bits per heavy atom. The van der Waals surface area contributed by atoms with Gasteiger partial charge in [-0.05, 0) is 52.3 Å². The molecular formula is C12H8BrClO2S. The zero-order valence-corrected chi connectivity index (χ0v) is 11.8. The summed E-state index contributed by atoms with van der Waals surface area (Å²) in [6.45, 7) is 0.0363. The van der Waals surface area contributed by atoms with E-state index in [2.05, 4.69) is 15.9 Å². The number of thiophene rings is 1. The molecule has 88 valence electrons. The largest absolute Gasteiger partial charge is 0.485 e. The van der Waals surface area contributed by atoms with Gasteiger partial charge in [0.1, 0.15) is 5.75 Å². The Morgan fingerprint density at radius 1 is 1.24 bits per heavy atom. The van der Waals surface area contributed by atoms with Gasteiger partial charge in [0.05, 0.1) is 8.66 Å². The van der Waals surface area contributed by atoms with Crippen LogP contribution in [0.5, 0.6) is 5.75 Å². The molecule has 0 radical (unpaired) electrons. The van der Waals surface area contributed by atoms with Crippen molar-refractivity contribution in [3.8, 4) is 5.75 Å². The molecule has 0 spiro atoms. The third kappa shape index (κ3) is 3.56. The van der Waals surface area contributed by atoms with Gasteiger partial charge in [-0.15, -0.1) is 11.3 Å². The van der Waals surface area contributed by atoms with Crippen molar-refractivity contribution in [2.45, 2.75) is 0 Å². The Kier molecular flexibility index (Phi) is 4.20. The van der Waals surface area contributed by atoms with Crippen LogP contribution in [0, 0.1) is 0 Å². The van der Waals surface area contributed by atoms with Gasteiger partial charge in [0, 0.05) is 5.02 Å². The van der Waals surface area contributed by atoms with E-state index in [4.69, 9.17) is 16.3 Å². The van der Waals surface area contributed by atoms with Gasteiger partial charge < -0.3 is 4.74 Å². The summed E-state index contributed by atoms with van der Waals surface area (Å²) in [5.41, 5.74) is 0. The number of Topliss-reactive ketones (excluding diaryl/α,β-unsaturated/α-hetero) is 1. The number of hydrogen-bond donors (Lipinski definition) is 0. The van der Waals surface area contributed by atoms with Crippen LogP contribution in [0.25, 0.3) is 0 Å². The standard InChI is InChI=1S/C12H8BrClO2S/c13-12-6-5-11(17-12)10(15)7-16-9-3-1-8(14)2-4-9/h1-6H,7H2. The van der Waals surface area contributed by atoms with Crippen LogP contribution in [0.1, 0.15) is 9.67 Å². The zero-order chi connectivity index (χ0) is 12.3.